The van der Waals surface area contributed by atoms with Crippen molar-refractivity contribution in [3.63, 3.8) is 0 Å². The van der Waals surface area contributed by atoms with Crippen LogP contribution in [-0.2, 0) is 24.3 Å². The Balaban J connectivity index is 1.48. The van der Waals surface area contributed by atoms with Crippen LogP contribution in [0.2, 0.25) is 0 Å². The Morgan fingerprint density at radius 1 is 1.06 bits per heavy atom. The Labute approximate surface area is 204 Å². The summed E-state index contributed by atoms with van der Waals surface area (Å²) >= 11 is 1.07. The Morgan fingerprint density at radius 2 is 1.83 bits per heavy atom. The van der Waals surface area contributed by atoms with Crippen LogP contribution >= 0.6 is 11.3 Å². The van der Waals surface area contributed by atoms with Gasteiger partial charge in [0.25, 0.3) is 11.5 Å². The van der Waals surface area contributed by atoms with Crippen LogP contribution in [0.3, 0.4) is 0 Å². The van der Waals surface area contributed by atoms with Gasteiger partial charge in [-0.15, -0.1) is 11.3 Å². The first-order valence-electron chi connectivity index (χ1n) is 10.9. The molecule has 10 heteroatoms. The average Bonchev–Trinajstić information content (AvgIpc) is 3.27. The highest BCUT2D eigenvalue weighted by Gasteiger charge is 2.15. The first kappa shape index (κ1) is 24.0. The first-order chi connectivity index (χ1) is 16.8. The van der Waals surface area contributed by atoms with Crippen LogP contribution in [0, 0.1) is 0 Å². The van der Waals surface area contributed by atoms with E-state index in [1.807, 2.05) is 36.4 Å². The van der Waals surface area contributed by atoms with E-state index >= 15 is 0 Å². The second-order valence-electron chi connectivity index (χ2n) is 7.90. The summed E-state index contributed by atoms with van der Waals surface area (Å²) in [6, 6.07) is 16.1. The van der Waals surface area contributed by atoms with Gasteiger partial charge in [0.1, 0.15) is 10.6 Å². The number of methoxy groups -OCH3 is 1. The maximum atomic E-state index is 13.0. The summed E-state index contributed by atoms with van der Waals surface area (Å²) in [5.74, 6) is 0.203. The number of aromatic amines is 1. The van der Waals surface area contributed by atoms with Crippen molar-refractivity contribution >= 4 is 39.1 Å². The van der Waals surface area contributed by atoms with Gasteiger partial charge < -0.3 is 15.4 Å². The lowest BCUT2D eigenvalue weighted by Crippen LogP contribution is -2.35. The number of hydrogen-bond acceptors (Lipinski definition) is 6. The maximum Gasteiger partial charge on any atom is 0.329 e. The van der Waals surface area contributed by atoms with Crippen LogP contribution in [0.15, 0.2) is 64.2 Å². The summed E-state index contributed by atoms with van der Waals surface area (Å²) in [4.78, 5) is 52.8. The van der Waals surface area contributed by atoms with Crippen molar-refractivity contribution in [1.82, 2.24) is 14.9 Å². The molecule has 4 rings (SSSR count). The number of fused-ring (bicyclic) bond motifs is 1. The summed E-state index contributed by atoms with van der Waals surface area (Å²) in [5.41, 5.74) is 1.49. The number of H-pyrrole nitrogens is 1. The van der Waals surface area contributed by atoms with E-state index in [0.717, 1.165) is 27.0 Å². The molecule has 2 heterocycles. The van der Waals surface area contributed by atoms with Crippen molar-refractivity contribution in [2.45, 2.75) is 26.4 Å². The normalized spacial score (nSPS) is 10.8. The zero-order chi connectivity index (χ0) is 24.9. The highest BCUT2D eigenvalue weighted by molar-refractivity contribution is 7.20. The Morgan fingerprint density at radius 3 is 2.54 bits per heavy atom. The summed E-state index contributed by atoms with van der Waals surface area (Å²) < 4.78 is 6.33. The fourth-order valence-corrected chi connectivity index (χ4v) is 4.57. The van der Waals surface area contributed by atoms with Gasteiger partial charge in [-0.25, -0.2) is 4.79 Å². The lowest BCUT2D eigenvalue weighted by molar-refractivity contribution is -0.114. The number of aromatic nitrogens is 2. The fourth-order valence-electron chi connectivity index (χ4n) is 3.61. The number of hydrogen-bond donors (Lipinski definition) is 3. The molecule has 35 heavy (non-hydrogen) atoms. The predicted molar refractivity (Wildman–Crippen MR) is 135 cm³/mol. The average molecular weight is 493 g/mol. The number of anilines is 1. The highest BCUT2D eigenvalue weighted by Crippen LogP contribution is 2.20. The van der Waals surface area contributed by atoms with Crippen LogP contribution < -0.4 is 26.6 Å². The van der Waals surface area contributed by atoms with Crippen molar-refractivity contribution in [2.24, 2.45) is 0 Å². The van der Waals surface area contributed by atoms with E-state index < -0.39 is 11.2 Å². The lowest BCUT2D eigenvalue weighted by Gasteiger charge is -2.06. The molecule has 9 nitrogen and oxygen atoms in total. The second-order valence-corrected chi connectivity index (χ2v) is 8.95. The molecule has 180 valence electrons. The van der Waals surface area contributed by atoms with Crippen molar-refractivity contribution in [1.29, 1.82) is 0 Å². The van der Waals surface area contributed by atoms with Crippen molar-refractivity contribution < 1.29 is 14.3 Å². The van der Waals surface area contributed by atoms with E-state index in [4.69, 9.17) is 4.74 Å². The Bertz CT molecular complexity index is 1500. The van der Waals surface area contributed by atoms with Crippen LogP contribution in [0.1, 0.15) is 27.7 Å². The minimum Gasteiger partial charge on any atom is -0.497 e. The van der Waals surface area contributed by atoms with Crippen LogP contribution in [0.25, 0.3) is 10.2 Å². The molecule has 3 N–H and O–H groups in total. The summed E-state index contributed by atoms with van der Waals surface area (Å²) in [7, 11) is 1.58. The van der Waals surface area contributed by atoms with Gasteiger partial charge in [0.15, 0.2) is 0 Å². The molecule has 2 aromatic carbocycles. The van der Waals surface area contributed by atoms with Gasteiger partial charge in [-0.2, -0.15) is 0 Å². The molecule has 0 aliphatic carbocycles. The SMILES string of the molecule is COc1cccc(CNC(=O)c2cc3c(=O)n(CCc4ccc(NC(C)=O)cc4)c(=O)[nH]c3s2)c1. The van der Waals surface area contributed by atoms with Crippen molar-refractivity contribution in [3.05, 3.63) is 91.4 Å². The van der Waals surface area contributed by atoms with Gasteiger partial charge in [-0.1, -0.05) is 24.3 Å². The van der Waals surface area contributed by atoms with Gasteiger partial charge in [-0.3, -0.25) is 23.9 Å². The molecule has 0 aliphatic rings. The Hall–Kier alpha value is -4.18. The van der Waals surface area contributed by atoms with Gasteiger partial charge in [0, 0.05) is 25.7 Å². The monoisotopic (exact) mass is 492 g/mol. The van der Waals surface area contributed by atoms with Gasteiger partial charge >= 0.3 is 5.69 Å². The Kier molecular flexibility index (Phi) is 7.11. The number of benzene rings is 2. The topological polar surface area (TPSA) is 122 Å². The quantitative estimate of drug-likeness (QED) is 0.349. The molecule has 4 aromatic rings. The zero-order valence-electron chi connectivity index (χ0n) is 19.2. The number of thiophene rings is 1. The molecule has 0 unspecified atom stereocenters. The molecule has 0 saturated carbocycles. The molecule has 2 aromatic heterocycles. The molecule has 0 fully saturated rings. The minimum atomic E-state index is -0.525. The molecule has 0 atom stereocenters. The van der Waals surface area contributed by atoms with E-state index in [-0.39, 0.29) is 18.4 Å². The van der Waals surface area contributed by atoms with E-state index in [2.05, 4.69) is 15.6 Å². The van der Waals surface area contributed by atoms with E-state index in [1.54, 1.807) is 19.2 Å². The molecular formula is C25H24N4O5S. The fraction of sp³-hybridized carbons (Fsp3) is 0.200. The number of amides is 2. The standard InChI is InChI=1S/C25H24N4O5S/c1-15(30)27-18-8-6-16(7-9-18)10-11-29-24(32)20-13-21(35-23(20)28-25(29)33)22(31)26-14-17-4-3-5-19(12-17)34-2/h3-9,12-13H,10-11,14H2,1-2H3,(H,26,31)(H,27,30)(H,28,33). The molecular weight excluding hydrogens is 468 g/mol. The number of carbonyl (C=O) groups excluding carboxylic acids is 2. The first-order valence-corrected chi connectivity index (χ1v) is 11.7. The number of rotatable bonds is 8. The molecule has 0 bridgehead atoms. The predicted octanol–water partition coefficient (Wildman–Crippen LogP) is 2.89. The number of ether oxygens (including phenoxy) is 1. The summed E-state index contributed by atoms with van der Waals surface area (Å²) in [5, 5.41) is 5.81. The smallest absolute Gasteiger partial charge is 0.329 e. The van der Waals surface area contributed by atoms with Gasteiger partial charge in [0.2, 0.25) is 5.91 Å². The van der Waals surface area contributed by atoms with Gasteiger partial charge in [-0.05, 0) is 47.9 Å². The third-order valence-corrected chi connectivity index (χ3v) is 6.43. The van der Waals surface area contributed by atoms with Crippen molar-refractivity contribution in [3.8, 4) is 5.75 Å². The molecule has 2 amide bonds. The highest BCUT2D eigenvalue weighted by atomic mass is 32.1. The lowest BCUT2D eigenvalue weighted by atomic mass is 10.1. The molecule has 0 radical (unpaired) electrons. The maximum absolute atomic E-state index is 13.0. The number of nitrogens with one attached hydrogen (secondary N) is 3. The summed E-state index contributed by atoms with van der Waals surface area (Å²) in [6.45, 7) is 1.91. The third kappa shape index (κ3) is 5.67. The third-order valence-electron chi connectivity index (χ3n) is 5.38. The summed E-state index contributed by atoms with van der Waals surface area (Å²) in [6.07, 6.45) is 0.451. The van der Waals surface area contributed by atoms with Crippen LogP contribution in [0.5, 0.6) is 5.75 Å². The van der Waals surface area contributed by atoms with E-state index in [0.29, 0.717) is 39.5 Å². The number of nitrogens with zero attached hydrogens (tertiary/aromatic N) is 1. The van der Waals surface area contributed by atoms with Crippen LogP contribution in [0.4, 0.5) is 5.69 Å². The molecule has 0 aliphatic heterocycles. The van der Waals surface area contributed by atoms with Crippen molar-refractivity contribution in [2.75, 3.05) is 12.4 Å². The number of aryl methyl sites for hydroxylation is 1. The van der Waals surface area contributed by atoms with E-state index in [1.165, 1.54) is 13.0 Å². The van der Waals surface area contributed by atoms with E-state index in [9.17, 15) is 19.2 Å². The zero-order valence-corrected chi connectivity index (χ0v) is 20.0. The largest absolute Gasteiger partial charge is 0.497 e. The number of carbonyl (C=O) groups is 2. The van der Waals surface area contributed by atoms with Crippen LogP contribution in [-0.4, -0.2) is 28.5 Å². The second kappa shape index (κ2) is 10.4. The molecule has 0 spiro atoms. The minimum absolute atomic E-state index is 0.159. The van der Waals surface area contributed by atoms with Gasteiger partial charge in [0.05, 0.1) is 17.4 Å². The molecule has 0 saturated heterocycles.